The van der Waals surface area contributed by atoms with E-state index in [1.54, 1.807) is 32.4 Å². The van der Waals surface area contributed by atoms with Crippen molar-refractivity contribution in [3.8, 4) is 11.5 Å². The van der Waals surface area contributed by atoms with Gasteiger partial charge in [0.1, 0.15) is 11.5 Å². The van der Waals surface area contributed by atoms with E-state index in [4.69, 9.17) is 14.0 Å². The second-order valence-electron chi connectivity index (χ2n) is 5.59. The Labute approximate surface area is 135 Å². The zero-order valence-corrected chi connectivity index (χ0v) is 13.5. The van der Waals surface area contributed by atoms with Crippen molar-refractivity contribution in [3.63, 3.8) is 0 Å². The second-order valence-corrected chi connectivity index (χ2v) is 5.59. The Balaban J connectivity index is 1.87. The van der Waals surface area contributed by atoms with Crippen LogP contribution in [0.1, 0.15) is 40.7 Å². The van der Waals surface area contributed by atoms with E-state index in [2.05, 4.69) is 5.16 Å². The highest BCUT2D eigenvalue weighted by atomic mass is 16.5. The van der Waals surface area contributed by atoms with E-state index in [1.807, 2.05) is 17.9 Å². The number of ether oxygens (including phenoxy) is 2. The fourth-order valence-electron chi connectivity index (χ4n) is 3.00. The molecule has 1 amide bonds. The second kappa shape index (κ2) is 6.32. The summed E-state index contributed by atoms with van der Waals surface area (Å²) in [6.07, 6.45) is 1.85. The third-order valence-electron chi connectivity index (χ3n) is 4.13. The van der Waals surface area contributed by atoms with Crippen molar-refractivity contribution in [2.24, 2.45) is 0 Å². The topological polar surface area (TPSA) is 64.8 Å². The van der Waals surface area contributed by atoms with Crippen LogP contribution in [-0.4, -0.2) is 36.7 Å². The van der Waals surface area contributed by atoms with Gasteiger partial charge in [0, 0.05) is 18.2 Å². The summed E-state index contributed by atoms with van der Waals surface area (Å²) >= 11 is 0. The number of carbonyl (C=O) groups is 1. The Morgan fingerprint density at radius 1 is 1.26 bits per heavy atom. The van der Waals surface area contributed by atoms with Crippen molar-refractivity contribution >= 4 is 5.91 Å². The van der Waals surface area contributed by atoms with Crippen molar-refractivity contribution < 1.29 is 18.8 Å². The van der Waals surface area contributed by atoms with Crippen LogP contribution in [-0.2, 0) is 0 Å². The SMILES string of the molecule is COc1ccc(C(=O)N2CCC[C@@H]2c2cc(C)on2)cc1OC. The molecule has 6 nitrogen and oxygen atoms in total. The van der Waals surface area contributed by atoms with E-state index in [-0.39, 0.29) is 11.9 Å². The molecule has 3 rings (SSSR count). The summed E-state index contributed by atoms with van der Waals surface area (Å²) < 4.78 is 15.7. The van der Waals surface area contributed by atoms with Crippen molar-refractivity contribution in [1.29, 1.82) is 0 Å². The molecule has 1 aliphatic heterocycles. The highest BCUT2D eigenvalue weighted by Crippen LogP contribution is 2.34. The van der Waals surface area contributed by atoms with Gasteiger partial charge in [0.25, 0.3) is 5.91 Å². The molecular weight excluding hydrogens is 296 g/mol. The number of hydrogen-bond donors (Lipinski definition) is 0. The predicted octanol–water partition coefficient (Wildman–Crippen LogP) is 2.98. The molecule has 0 N–H and O–H groups in total. The van der Waals surface area contributed by atoms with E-state index in [0.29, 0.717) is 23.6 Å². The molecule has 1 aromatic heterocycles. The van der Waals surface area contributed by atoms with Gasteiger partial charge in [-0.15, -0.1) is 0 Å². The molecule has 6 heteroatoms. The molecule has 0 saturated carbocycles. The molecule has 0 aliphatic carbocycles. The lowest BCUT2D eigenvalue weighted by molar-refractivity contribution is 0.0730. The van der Waals surface area contributed by atoms with E-state index in [1.165, 1.54) is 0 Å². The summed E-state index contributed by atoms with van der Waals surface area (Å²) in [6, 6.07) is 7.08. The number of hydrogen-bond acceptors (Lipinski definition) is 5. The Hall–Kier alpha value is -2.50. The molecule has 23 heavy (non-hydrogen) atoms. The predicted molar refractivity (Wildman–Crippen MR) is 83.8 cm³/mol. The average Bonchev–Trinajstić information content (AvgIpc) is 3.21. The van der Waals surface area contributed by atoms with Crippen LogP contribution in [0, 0.1) is 6.92 Å². The third kappa shape index (κ3) is 2.88. The smallest absolute Gasteiger partial charge is 0.254 e. The molecule has 122 valence electrons. The lowest BCUT2D eigenvalue weighted by Gasteiger charge is -2.23. The molecule has 1 saturated heterocycles. The van der Waals surface area contributed by atoms with Gasteiger partial charge < -0.3 is 18.9 Å². The molecule has 0 radical (unpaired) electrons. The maximum atomic E-state index is 12.9. The number of amides is 1. The molecule has 1 fully saturated rings. The van der Waals surface area contributed by atoms with Crippen molar-refractivity contribution in [1.82, 2.24) is 10.1 Å². The molecule has 0 spiro atoms. The molecule has 0 unspecified atom stereocenters. The number of rotatable bonds is 4. The van der Waals surface area contributed by atoms with Gasteiger partial charge in [-0.1, -0.05) is 5.16 Å². The summed E-state index contributed by atoms with van der Waals surface area (Å²) in [4.78, 5) is 14.7. The quantitative estimate of drug-likeness (QED) is 0.867. The fraction of sp³-hybridized carbons (Fsp3) is 0.412. The minimum Gasteiger partial charge on any atom is -0.493 e. The normalized spacial score (nSPS) is 17.3. The summed E-state index contributed by atoms with van der Waals surface area (Å²) in [5, 5.41) is 4.07. The van der Waals surface area contributed by atoms with Crippen LogP contribution < -0.4 is 9.47 Å². The van der Waals surface area contributed by atoms with Gasteiger partial charge in [0.15, 0.2) is 11.5 Å². The highest BCUT2D eigenvalue weighted by Gasteiger charge is 2.32. The number of aromatic nitrogens is 1. The van der Waals surface area contributed by atoms with Gasteiger partial charge in [0.2, 0.25) is 0 Å². The van der Waals surface area contributed by atoms with Crippen molar-refractivity contribution in [3.05, 3.63) is 41.3 Å². The van der Waals surface area contributed by atoms with Crippen LogP contribution in [0.25, 0.3) is 0 Å². The van der Waals surface area contributed by atoms with Crippen LogP contribution in [0.3, 0.4) is 0 Å². The summed E-state index contributed by atoms with van der Waals surface area (Å²) in [7, 11) is 3.13. The largest absolute Gasteiger partial charge is 0.493 e. The number of methoxy groups -OCH3 is 2. The highest BCUT2D eigenvalue weighted by molar-refractivity contribution is 5.95. The van der Waals surface area contributed by atoms with Crippen LogP contribution in [0.5, 0.6) is 11.5 Å². The van der Waals surface area contributed by atoms with Crippen molar-refractivity contribution in [2.45, 2.75) is 25.8 Å². The lowest BCUT2D eigenvalue weighted by atomic mass is 10.1. The number of nitrogens with zero attached hydrogens (tertiary/aromatic N) is 2. The van der Waals surface area contributed by atoms with Crippen LogP contribution in [0.4, 0.5) is 0 Å². The zero-order chi connectivity index (χ0) is 16.4. The van der Waals surface area contributed by atoms with Gasteiger partial charge in [-0.05, 0) is 38.0 Å². The standard InChI is InChI=1S/C17H20N2O4/c1-11-9-13(18-23-11)14-5-4-8-19(14)17(20)12-6-7-15(21-2)16(10-12)22-3/h6-7,9-10,14H,4-5,8H2,1-3H3/t14-/m1/s1. The van der Waals surface area contributed by atoms with Gasteiger partial charge in [0.05, 0.1) is 20.3 Å². The average molecular weight is 316 g/mol. The van der Waals surface area contributed by atoms with E-state index >= 15 is 0 Å². The maximum absolute atomic E-state index is 12.9. The summed E-state index contributed by atoms with van der Waals surface area (Å²) in [6.45, 7) is 2.57. The Morgan fingerprint density at radius 3 is 2.70 bits per heavy atom. The van der Waals surface area contributed by atoms with E-state index in [9.17, 15) is 4.79 Å². The maximum Gasteiger partial charge on any atom is 0.254 e. The number of benzene rings is 1. The molecule has 0 bridgehead atoms. The molecule has 2 aromatic rings. The first-order chi connectivity index (χ1) is 11.1. The van der Waals surface area contributed by atoms with E-state index in [0.717, 1.165) is 24.3 Å². The number of likely N-dealkylation sites (tertiary alicyclic amines) is 1. The first-order valence-corrected chi connectivity index (χ1v) is 7.60. The van der Waals surface area contributed by atoms with Gasteiger partial charge in [-0.25, -0.2) is 0 Å². The Kier molecular flexibility index (Phi) is 4.23. The minimum absolute atomic E-state index is 0.0332. The van der Waals surface area contributed by atoms with Gasteiger partial charge in [-0.3, -0.25) is 4.79 Å². The molecule has 1 aliphatic rings. The first-order valence-electron chi connectivity index (χ1n) is 7.60. The molecule has 1 atom stereocenters. The van der Waals surface area contributed by atoms with E-state index < -0.39 is 0 Å². The van der Waals surface area contributed by atoms with Crippen LogP contribution in [0.2, 0.25) is 0 Å². The molecular formula is C17H20N2O4. The van der Waals surface area contributed by atoms with Gasteiger partial charge in [-0.2, -0.15) is 0 Å². The molecule has 1 aromatic carbocycles. The lowest BCUT2D eigenvalue weighted by Crippen LogP contribution is -2.30. The van der Waals surface area contributed by atoms with Crippen LogP contribution in [0.15, 0.2) is 28.8 Å². The Bertz CT molecular complexity index is 710. The molecule has 2 heterocycles. The van der Waals surface area contributed by atoms with Gasteiger partial charge >= 0.3 is 0 Å². The van der Waals surface area contributed by atoms with Crippen LogP contribution >= 0.6 is 0 Å². The fourth-order valence-corrected chi connectivity index (χ4v) is 3.00. The Morgan fingerprint density at radius 2 is 2.04 bits per heavy atom. The van der Waals surface area contributed by atoms with Crippen molar-refractivity contribution in [2.75, 3.05) is 20.8 Å². The monoisotopic (exact) mass is 316 g/mol. The number of carbonyl (C=O) groups excluding carboxylic acids is 1. The summed E-state index contributed by atoms with van der Waals surface area (Å²) in [5.74, 6) is 1.88. The number of aryl methyl sites for hydroxylation is 1. The first kappa shape index (κ1) is 15.4. The zero-order valence-electron chi connectivity index (χ0n) is 13.5. The summed E-state index contributed by atoms with van der Waals surface area (Å²) in [5.41, 5.74) is 1.39. The minimum atomic E-state index is -0.0342. The third-order valence-corrected chi connectivity index (χ3v) is 4.13.